The summed E-state index contributed by atoms with van der Waals surface area (Å²) in [6, 6.07) is 0.659. The highest BCUT2D eigenvalue weighted by molar-refractivity contribution is 7.99. The molecule has 0 bridgehead atoms. The Balaban J connectivity index is 1.94. The minimum Gasteiger partial charge on any atom is -0.469 e. The van der Waals surface area contributed by atoms with Crippen LogP contribution < -0.4 is 5.32 Å². The highest BCUT2D eigenvalue weighted by Crippen LogP contribution is 2.16. The van der Waals surface area contributed by atoms with E-state index in [0.717, 1.165) is 13.0 Å². The fourth-order valence-electron chi connectivity index (χ4n) is 1.54. The minimum absolute atomic E-state index is 0.107. The lowest BCUT2D eigenvalue weighted by Crippen LogP contribution is -2.34. The predicted octanol–water partition coefficient (Wildman–Crippen LogP) is 1.42. The Bertz CT molecular complexity index is 170. The molecule has 0 aliphatic carbocycles. The maximum absolute atomic E-state index is 10.8. The van der Waals surface area contributed by atoms with Crippen LogP contribution in [0.5, 0.6) is 0 Å². The number of ether oxygens (including phenoxy) is 1. The smallest absolute Gasteiger partial charge is 0.305 e. The van der Waals surface area contributed by atoms with Gasteiger partial charge in [-0.15, -0.1) is 0 Å². The number of rotatable bonds is 5. The van der Waals surface area contributed by atoms with Crippen LogP contribution in [0.25, 0.3) is 0 Å². The van der Waals surface area contributed by atoms with Crippen LogP contribution in [0.2, 0.25) is 0 Å². The fourth-order valence-corrected chi connectivity index (χ4v) is 2.65. The molecule has 1 N–H and O–H groups in total. The Morgan fingerprint density at radius 3 is 3.14 bits per heavy atom. The highest BCUT2D eigenvalue weighted by Gasteiger charge is 2.12. The molecule has 0 aromatic heterocycles. The number of carbonyl (C=O) groups excluding carboxylic acids is 1. The molecular formula is C10H19NO2S. The van der Waals surface area contributed by atoms with Gasteiger partial charge in [0.25, 0.3) is 0 Å². The van der Waals surface area contributed by atoms with E-state index >= 15 is 0 Å². The zero-order valence-corrected chi connectivity index (χ0v) is 9.57. The summed E-state index contributed by atoms with van der Waals surface area (Å²) in [5, 5.41) is 3.47. The molecule has 1 fully saturated rings. The molecule has 4 heteroatoms. The number of methoxy groups -OCH3 is 1. The van der Waals surface area contributed by atoms with Gasteiger partial charge < -0.3 is 10.1 Å². The Kier molecular flexibility index (Phi) is 6.03. The first-order valence-corrected chi connectivity index (χ1v) is 6.36. The van der Waals surface area contributed by atoms with Crippen molar-refractivity contribution in [3.63, 3.8) is 0 Å². The predicted molar refractivity (Wildman–Crippen MR) is 59.6 cm³/mol. The van der Waals surface area contributed by atoms with Crippen molar-refractivity contribution in [1.82, 2.24) is 5.32 Å². The summed E-state index contributed by atoms with van der Waals surface area (Å²) in [4.78, 5) is 10.8. The SMILES string of the molecule is COC(=O)CCCNC1CCCSC1. The molecule has 0 amide bonds. The summed E-state index contributed by atoms with van der Waals surface area (Å²) in [5.74, 6) is 2.42. The molecule has 0 spiro atoms. The van der Waals surface area contributed by atoms with Crippen LogP contribution in [0, 0.1) is 0 Å². The van der Waals surface area contributed by atoms with Gasteiger partial charge in [0.15, 0.2) is 0 Å². The third kappa shape index (κ3) is 4.86. The lowest BCUT2D eigenvalue weighted by Gasteiger charge is -2.22. The van der Waals surface area contributed by atoms with Gasteiger partial charge in [-0.25, -0.2) is 0 Å². The molecule has 0 aromatic rings. The van der Waals surface area contributed by atoms with E-state index in [1.165, 1.54) is 31.5 Å². The largest absolute Gasteiger partial charge is 0.469 e. The topological polar surface area (TPSA) is 38.3 Å². The molecular weight excluding hydrogens is 198 g/mol. The first-order valence-electron chi connectivity index (χ1n) is 5.21. The summed E-state index contributed by atoms with van der Waals surface area (Å²) in [7, 11) is 1.44. The molecule has 1 aliphatic heterocycles. The Hall–Kier alpha value is -0.220. The minimum atomic E-state index is -0.107. The maximum Gasteiger partial charge on any atom is 0.305 e. The lowest BCUT2D eigenvalue weighted by molar-refractivity contribution is -0.140. The second-order valence-electron chi connectivity index (χ2n) is 3.55. The maximum atomic E-state index is 10.8. The third-order valence-electron chi connectivity index (χ3n) is 2.38. The molecule has 1 heterocycles. The zero-order chi connectivity index (χ0) is 10.2. The molecule has 14 heavy (non-hydrogen) atoms. The van der Waals surface area contributed by atoms with E-state index in [1.54, 1.807) is 0 Å². The Morgan fingerprint density at radius 2 is 2.50 bits per heavy atom. The third-order valence-corrected chi connectivity index (χ3v) is 3.59. The van der Waals surface area contributed by atoms with E-state index < -0.39 is 0 Å². The fraction of sp³-hybridized carbons (Fsp3) is 0.900. The van der Waals surface area contributed by atoms with Crippen LogP contribution >= 0.6 is 11.8 Å². The van der Waals surface area contributed by atoms with Gasteiger partial charge in [-0.2, -0.15) is 11.8 Å². The standard InChI is InChI=1S/C10H19NO2S/c1-13-10(12)5-2-6-11-9-4-3-7-14-8-9/h9,11H,2-8H2,1H3. The normalized spacial score (nSPS) is 21.9. The van der Waals surface area contributed by atoms with Crippen LogP contribution in [0.3, 0.4) is 0 Å². The van der Waals surface area contributed by atoms with Crippen LogP contribution in [-0.2, 0) is 9.53 Å². The quantitative estimate of drug-likeness (QED) is 0.558. The molecule has 0 saturated carbocycles. The van der Waals surface area contributed by atoms with E-state index in [1.807, 2.05) is 11.8 Å². The van der Waals surface area contributed by atoms with Crippen LogP contribution in [-0.4, -0.2) is 37.2 Å². The van der Waals surface area contributed by atoms with E-state index in [4.69, 9.17) is 0 Å². The van der Waals surface area contributed by atoms with Gasteiger partial charge in [0.05, 0.1) is 7.11 Å². The summed E-state index contributed by atoms with van der Waals surface area (Å²) in [6.07, 6.45) is 4.02. The monoisotopic (exact) mass is 217 g/mol. The van der Waals surface area contributed by atoms with E-state index in [-0.39, 0.29) is 5.97 Å². The van der Waals surface area contributed by atoms with Crippen molar-refractivity contribution in [2.45, 2.75) is 31.7 Å². The molecule has 0 aromatic carbocycles. The number of carbonyl (C=O) groups is 1. The van der Waals surface area contributed by atoms with Gasteiger partial charge >= 0.3 is 5.97 Å². The van der Waals surface area contributed by atoms with Gasteiger partial charge in [-0.1, -0.05) is 0 Å². The molecule has 1 unspecified atom stereocenters. The van der Waals surface area contributed by atoms with E-state index in [0.29, 0.717) is 12.5 Å². The molecule has 1 rings (SSSR count). The Labute approximate surface area is 90.0 Å². The van der Waals surface area contributed by atoms with Crippen LogP contribution in [0.4, 0.5) is 0 Å². The van der Waals surface area contributed by atoms with Gasteiger partial charge in [-0.3, -0.25) is 4.79 Å². The van der Waals surface area contributed by atoms with Crippen LogP contribution in [0.15, 0.2) is 0 Å². The van der Waals surface area contributed by atoms with Crippen molar-refractivity contribution in [3.05, 3.63) is 0 Å². The molecule has 0 radical (unpaired) electrons. The van der Waals surface area contributed by atoms with Gasteiger partial charge in [-0.05, 0) is 31.6 Å². The zero-order valence-electron chi connectivity index (χ0n) is 8.75. The van der Waals surface area contributed by atoms with Gasteiger partial charge in [0, 0.05) is 18.2 Å². The molecule has 3 nitrogen and oxygen atoms in total. The summed E-state index contributed by atoms with van der Waals surface area (Å²) < 4.78 is 4.57. The number of esters is 1. The van der Waals surface area contributed by atoms with Gasteiger partial charge in [0.1, 0.15) is 0 Å². The number of nitrogens with one attached hydrogen (secondary N) is 1. The second kappa shape index (κ2) is 7.12. The first kappa shape index (κ1) is 11.9. The second-order valence-corrected chi connectivity index (χ2v) is 4.70. The first-order chi connectivity index (χ1) is 6.83. The molecule has 82 valence electrons. The molecule has 1 atom stereocenters. The highest BCUT2D eigenvalue weighted by atomic mass is 32.2. The van der Waals surface area contributed by atoms with E-state index in [9.17, 15) is 4.79 Å². The van der Waals surface area contributed by atoms with Crippen molar-refractivity contribution < 1.29 is 9.53 Å². The summed E-state index contributed by atoms with van der Waals surface area (Å²) in [6.45, 7) is 0.931. The van der Waals surface area contributed by atoms with Crippen molar-refractivity contribution >= 4 is 17.7 Å². The lowest BCUT2D eigenvalue weighted by atomic mass is 10.2. The van der Waals surface area contributed by atoms with Crippen LogP contribution in [0.1, 0.15) is 25.7 Å². The van der Waals surface area contributed by atoms with Gasteiger partial charge in [0.2, 0.25) is 0 Å². The molecule has 1 saturated heterocycles. The average molecular weight is 217 g/mol. The van der Waals surface area contributed by atoms with Crippen molar-refractivity contribution in [2.24, 2.45) is 0 Å². The summed E-state index contributed by atoms with van der Waals surface area (Å²) >= 11 is 2.02. The van der Waals surface area contributed by atoms with Crippen molar-refractivity contribution in [3.8, 4) is 0 Å². The average Bonchev–Trinajstić information content (AvgIpc) is 2.25. The number of hydrogen-bond acceptors (Lipinski definition) is 4. The number of hydrogen-bond donors (Lipinski definition) is 1. The van der Waals surface area contributed by atoms with Crippen molar-refractivity contribution in [1.29, 1.82) is 0 Å². The Morgan fingerprint density at radius 1 is 1.64 bits per heavy atom. The number of thioether (sulfide) groups is 1. The van der Waals surface area contributed by atoms with E-state index in [2.05, 4.69) is 10.1 Å². The summed E-state index contributed by atoms with van der Waals surface area (Å²) in [5.41, 5.74) is 0. The van der Waals surface area contributed by atoms with Crippen molar-refractivity contribution in [2.75, 3.05) is 25.2 Å². The molecule has 1 aliphatic rings.